The van der Waals surface area contributed by atoms with Crippen LogP contribution in [0.3, 0.4) is 0 Å². The molecule has 0 aliphatic carbocycles. The Morgan fingerprint density at radius 2 is 1.92 bits per heavy atom. The van der Waals surface area contributed by atoms with Gasteiger partial charge in [-0.15, -0.1) is 0 Å². The Balaban J connectivity index is 1.70. The number of para-hydroxylation sites is 1. The third kappa shape index (κ3) is 2.92. The van der Waals surface area contributed by atoms with E-state index in [-0.39, 0.29) is 5.91 Å². The quantitative estimate of drug-likeness (QED) is 0.595. The number of pyridine rings is 1. The summed E-state index contributed by atoms with van der Waals surface area (Å²) in [6.07, 6.45) is 0. The third-order valence-electron chi connectivity index (χ3n) is 3.90. The third-order valence-corrected chi connectivity index (χ3v) is 4.84. The first-order valence-corrected chi connectivity index (χ1v) is 8.58. The van der Waals surface area contributed by atoms with Crippen molar-refractivity contribution in [3.8, 4) is 5.75 Å². The Labute approximate surface area is 148 Å². The number of hydrogen-bond donors (Lipinski definition) is 1. The van der Waals surface area contributed by atoms with E-state index in [4.69, 9.17) is 4.74 Å². The van der Waals surface area contributed by atoms with E-state index in [0.29, 0.717) is 10.7 Å². The number of ether oxygens (including phenoxy) is 1. The van der Waals surface area contributed by atoms with E-state index in [2.05, 4.69) is 15.3 Å². The van der Waals surface area contributed by atoms with Crippen molar-refractivity contribution >= 4 is 43.5 Å². The molecule has 0 fully saturated rings. The van der Waals surface area contributed by atoms with Crippen LogP contribution in [0.2, 0.25) is 0 Å². The summed E-state index contributed by atoms with van der Waals surface area (Å²) in [6.45, 7) is 1.88. The minimum Gasteiger partial charge on any atom is -0.497 e. The molecule has 5 nitrogen and oxygen atoms in total. The van der Waals surface area contributed by atoms with Crippen molar-refractivity contribution in [2.24, 2.45) is 0 Å². The highest BCUT2D eigenvalue weighted by molar-refractivity contribution is 7.22. The van der Waals surface area contributed by atoms with E-state index in [0.717, 1.165) is 32.6 Å². The molecule has 0 aliphatic heterocycles. The lowest BCUT2D eigenvalue weighted by molar-refractivity contribution is 0.102. The van der Waals surface area contributed by atoms with E-state index < -0.39 is 0 Å². The minimum atomic E-state index is -0.187. The number of aromatic nitrogens is 2. The fourth-order valence-electron chi connectivity index (χ4n) is 2.75. The van der Waals surface area contributed by atoms with Crippen LogP contribution in [0.1, 0.15) is 16.1 Å². The van der Waals surface area contributed by atoms with Gasteiger partial charge in [-0.1, -0.05) is 29.5 Å². The molecule has 4 aromatic rings. The largest absolute Gasteiger partial charge is 0.497 e. The zero-order valence-electron chi connectivity index (χ0n) is 13.7. The van der Waals surface area contributed by atoms with Crippen LogP contribution in [-0.2, 0) is 0 Å². The number of nitrogens with one attached hydrogen (secondary N) is 1. The van der Waals surface area contributed by atoms with E-state index in [1.807, 2.05) is 49.4 Å². The van der Waals surface area contributed by atoms with Crippen LogP contribution < -0.4 is 10.1 Å². The molecule has 1 amide bonds. The molecule has 124 valence electrons. The molecular weight excluding hydrogens is 334 g/mol. The Bertz CT molecular complexity index is 1100. The molecule has 0 unspecified atom stereocenters. The number of anilines is 1. The molecule has 0 aliphatic rings. The zero-order chi connectivity index (χ0) is 17.4. The van der Waals surface area contributed by atoms with E-state index >= 15 is 0 Å². The van der Waals surface area contributed by atoms with Gasteiger partial charge in [-0.2, -0.15) is 0 Å². The summed E-state index contributed by atoms with van der Waals surface area (Å²) in [7, 11) is 1.63. The first-order valence-electron chi connectivity index (χ1n) is 7.76. The molecular formula is C19H15N3O2S. The predicted octanol–water partition coefficient (Wildman–Crippen LogP) is 4.41. The second kappa shape index (κ2) is 6.14. The van der Waals surface area contributed by atoms with Crippen molar-refractivity contribution < 1.29 is 9.53 Å². The standard InChI is InChI=1S/C19H15N3O2S/c1-11-9-14(13-5-3-4-6-15(13)20-11)18(23)22-19-21-16-8-7-12(24-2)10-17(16)25-19/h3-10H,1-2H3,(H,21,22,23). The van der Waals surface area contributed by atoms with Gasteiger partial charge in [-0.05, 0) is 37.3 Å². The lowest BCUT2D eigenvalue weighted by Gasteiger charge is -2.07. The van der Waals surface area contributed by atoms with Gasteiger partial charge in [-0.3, -0.25) is 15.1 Å². The molecule has 6 heteroatoms. The first kappa shape index (κ1) is 15.5. The average molecular weight is 349 g/mol. The number of carbonyl (C=O) groups excluding carboxylic acids is 1. The highest BCUT2D eigenvalue weighted by Gasteiger charge is 2.14. The van der Waals surface area contributed by atoms with Crippen molar-refractivity contribution in [3.63, 3.8) is 0 Å². The minimum absolute atomic E-state index is 0.187. The molecule has 0 bridgehead atoms. The molecule has 0 atom stereocenters. The molecule has 1 N–H and O–H groups in total. The zero-order valence-corrected chi connectivity index (χ0v) is 14.6. The normalized spacial score (nSPS) is 11.0. The number of methoxy groups -OCH3 is 1. The number of hydrogen-bond acceptors (Lipinski definition) is 5. The monoisotopic (exact) mass is 349 g/mol. The maximum atomic E-state index is 12.8. The van der Waals surface area contributed by atoms with Gasteiger partial charge < -0.3 is 4.74 Å². The lowest BCUT2D eigenvalue weighted by Crippen LogP contribution is -2.13. The van der Waals surface area contributed by atoms with Crippen LogP contribution in [0.15, 0.2) is 48.5 Å². The number of fused-ring (bicyclic) bond motifs is 2. The van der Waals surface area contributed by atoms with Crippen LogP contribution >= 0.6 is 11.3 Å². The molecule has 0 saturated heterocycles. The average Bonchev–Trinajstić information content (AvgIpc) is 3.01. The molecule has 0 saturated carbocycles. The Morgan fingerprint density at radius 1 is 1.08 bits per heavy atom. The number of thiazole rings is 1. The molecule has 2 aromatic heterocycles. The highest BCUT2D eigenvalue weighted by Crippen LogP contribution is 2.30. The van der Waals surface area contributed by atoms with Crippen LogP contribution in [0.5, 0.6) is 5.75 Å². The predicted molar refractivity (Wildman–Crippen MR) is 101 cm³/mol. The highest BCUT2D eigenvalue weighted by atomic mass is 32.1. The van der Waals surface area contributed by atoms with E-state index in [1.165, 1.54) is 11.3 Å². The second-order valence-corrected chi connectivity index (χ2v) is 6.67. The lowest BCUT2D eigenvalue weighted by atomic mass is 10.1. The maximum Gasteiger partial charge on any atom is 0.258 e. The maximum absolute atomic E-state index is 12.8. The summed E-state index contributed by atoms with van der Waals surface area (Å²) in [5.41, 5.74) is 3.04. The summed E-state index contributed by atoms with van der Waals surface area (Å²) in [5, 5.41) is 4.29. The van der Waals surface area contributed by atoms with Crippen molar-refractivity contribution in [2.45, 2.75) is 6.92 Å². The fourth-order valence-corrected chi connectivity index (χ4v) is 3.63. The van der Waals surface area contributed by atoms with Crippen molar-refractivity contribution in [1.29, 1.82) is 0 Å². The van der Waals surface area contributed by atoms with Crippen LogP contribution in [0.25, 0.3) is 21.1 Å². The summed E-state index contributed by atoms with van der Waals surface area (Å²) in [5.74, 6) is 0.581. The van der Waals surface area contributed by atoms with Gasteiger partial charge in [0.15, 0.2) is 5.13 Å². The van der Waals surface area contributed by atoms with Gasteiger partial charge in [0, 0.05) is 11.1 Å². The summed E-state index contributed by atoms with van der Waals surface area (Å²) >= 11 is 1.42. The summed E-state index contributed by atoms with van der Waals surface area (Å²) in [4.78, 5) is 21.7. The van der Waals surface area contributed by atoms with Crippen molar-refractivity contribution in [3.05, 3.63) is 59.8 Å². The van der Waals surface area contributed by atoms with Gasteiger partial charge in [0.2, 0.25) is 0 Å². The molecule has 2 aromatic carbocycles. The molecule has 25 heavy (non-hydrogen) atoms. The number of aryl methyl sites for hydroxylation is 1. The number of amides is 1. The summed E-state index contributed by atoms with van der Waals surface area (Å²) in [6, 6.07) is 15.1. The Morgan fingerprint density at radius 3 is 2.76 bits per heavy atom. The number of nitrogens with zero attached hydrogens (tertiary/aromatic N) is 2. The topological polar surface area (TPSA) is 64.1 Å². The number of benzene rings is 2. The number of carbonyl (C=O) groups is 1. The summed E-state index contributed by atoms with van der Waals surface area (Å²) < 4.78 is 6.19. The molecule has 0 spiro atoms. The van der Waals surface area contributed by atoms with Gasteiger partial charge in [-0.25, -0.2) is 4.98 Å². The van der Waals surface area contributed by atoms with Gasteiger partial charge >= 0.3 is 0 Å². The van der Waals surface area contributed by atoms with Gasteiger partial charge in [0.05, 0.1) is 28.4 Å². The van der Waals surface area contributed by atoms with E-state index in [9.17, 15) is 4.79 Å². The van der Waals surface area contributed by atoms with Crippen molar-refractivity contribution in [2.75, 3.05) is 12.4 Å². The van der Waals surface area contributed by atoms with Crippen LogP contribution in [0, 0.1) is 6.92 Å². The van der Waals surface area contributed by atoms with E-state index in [1.54, 1.807) is 13.2 Å². The van der Waals surface area contributed by atoms with Crippen LogP contribution in [0.4, 0.5) is 5.13 Å². The molecule has 4 rings (SSSR count). The van der Waals surface area contributed by atoms with Gasteiger partial charge in [0.1, 0.15) is 5.75 Å². The molecule has 0 radical (unpaired) electrons. The molecule has 2 heterocycles. The first-order chi connectivity index (χ1) is 12.1. The second-order valence-electron chi connectivity index (χ2n) is 5.64. The SMILES string of the molecule is COc1ccc2nc(NC(=O)c3cc(C)nc4ccccc34)sc2c1. The smallest absolute Gasteiger partial charge is 0.258 e. The Hall–Kier alpha value is -2.99. The Kier molecular flexibility index (Phi) is 3.82. The fraction of sp³-hybridized carbons (Fsp3) is 0.105. The van der Waals surface area contributed by atoms with Gasteiger partial charge in [0.25, 0.3) is 5.91 Å². The van der Waals surface area contributed by atoms with Crippen LogP contribution in [-0.4, -0.2) is 23.0 Å². The van der Waals surface area contributed by atoms with Crippen molar-refractivity contribution in [1.82, 2.24) is 9.97 Å². The number of rotatable bonds is 3.